The van der Waals surface area contributed by atoms with E-state index in [2.05, 4.69) is 5.32 Å². The molecule has 0 aromatic heterocycles. The summed E-state index contributed by atoms with van der Waals surface area (Å²) in [6, 6.07) is 7.59. The van der Waals surface area contributed by atoms with Gasteiger partial charge in [-0.2, -0.15) is 0 Å². The molecule has 0 radical (unpaired) electrons. The third-order valence-electron chi connectivity index (χ3n) is 4.90. The minimum absolute atomic E-state index is 0.0632. The number of likely N-dealkylation sites (tertiary alicyclic amines) is 1. The van der Waals surface area contributed by atoms with Crippen LogP contribution < -0.4 is 10.1 Å². The minimum Gasteiger partial charge on any atom is -0.497 e. The smallest absolute Gasteiger partial charge is 0.227 e. The van der Waals surface area contributed by atoms with E-state index in [1.165, 1.54) is 12.8 Å². The van der Waals surface area contributed by atoms with Crippen molar-refractivity contribution in [2.24, 2.45) is 11.8 Å². The van der Waals surface area contributed by atoms with Gasteiger partial charge in [-0.05, 0) is 49.3 Å². The average molecular weight is 330 g/mol. The largest absolute Gasteiger partial charge is 0.497 e. The first-order chi connectivity index (χ1) is 11.7. The second-order valence-corrected chi connectivity index (χ2v) is 6.90. The van der Waals surface area contributed by atoms with Gasteiger partial charge < -0.3 is 15.0 Å². The number of amides is 2. The molecule has 130 valence electrons. The lowest BCUT2D eigenvalue weighted by molar-refractivity contribution is -0.135. The Morgan fingerprint density at radius 1 is 1.29 bits per heavy atom. The first kappa shape index (κ1) is 16.8. The molecule has 1 N–H and O–H groups in total. The summed E-state index contributed by atoms with van der Waals surface area (Å²) in [6.07, 6.45) is 4.59. The summed E-state index contributed by atoms with van der Waals surface area (Å²) in [7, 11) is 1.62. The number of carbonyl (C=O) groups excluding carboxylic acids is 2. The van der Waals surface area contributed by atoms with Gasteiger partial charge in [0, 0.05) is 19.6 Å². The van der Waals surface area contributed by atoms with E-state index in [0.717, 1.165) is 37.2 Å². The summed E-state index contributed by atoms with van der Waals surface area (Å²) in [5.41, 5.74) is 0.944. The van der Waals surface area contributed by atoms with E-state index in [1.807, 2.05) is 29.2 Å². The lowest BCUT2D eigenvalue weighted by atomic mass is 9.96. The highest BCUT2D eigenvalue weighted by molar-refractivity contribution is 5.82. The highest BCUT2D eigenvalue weighted by Crippen LogP contribution is 2.28. The standard InChI is InChI=1S/C19H26N2O3/c1-24-17-6-2-4-15(10-17)11-18(22)21-9-3-5-16(13-21)19(23)20-12-14-7-8-14/h2,4,6,10,14,16H,3,5,7-9,11-13H2,1H3,(H,20,23)/t16-/m1/s1. The molecule has 1 aliphatic carbocycles. The van der Waals surface area contributed by atoms with Gasteiger partial charge in [-0.3, -0.25) is 9.59 Å². The molecule has 1 aromatic rings. The molecule has 1 heterocycles. The van der Waals surface area contributed by atoms with Crippen molar-refractivity contribution in [3.05, 3.63) is 29.8 Å². The molecule has 1 aromatic carbocycles. The molecule has 1 atom stereocenters. The number of benzene rings is 1. The van der Waals surface area contributed by atoms with E-state index >= 15 is 0 Å². The third-order valence-corrected chi connectivity index (χ3v) is 4.90. The third kappa shape index (κ3) is 4.49. The summed E-state index contributed by atoms with van der Waals surface area (Å²) >= 11 is 0. The van der Waals surface area contributed by atoms with Gasteiger partial charge in [-0.1, -0.05) is 12.1 Å². The summed E-state index contributed by atoms with van der Waals surface area (Å²) in [6.45, 7) is 2.08. The Hall–Kier alpha value is -2.04. The first-order valence-corrected chi connectivity index (χ1v) is 8.84. The summed E-state index contributed by atoms with van der Waals surface area (Å²) in [5.74, 6) is 1.58. The van der Waals surface area contributed by atoms with E-state index in [4.69, 9.17) is 4.74 Å². The molecule has 5 nitrogen and oxygen atoms in total. The summed E-state index contributed by atoms with van der Waals surface area (Å²) < 4.78 is 5.20. The zero-order valence-corrected chi connectivity index (χ0v) is 14.3. The maximum atomic E-state index is 12.6. The zero-order valence-electron chi connectivity index (χ0n) is 14.3. The minimum atomic E-state index is -0.0632. The van der Waals surface area contributed by atoms with Crippen LogP contribution in [0.5, 0.6) is 5.75 Å². The zero-order chi connectivity index (χ0) is 16.9. The lowest BCUT2D eigenvalue weighted by Gasteiger charge is -2.32. The lowest BCUT2D eigenvalue weighted by Crippen LogP contribution is -2.46. The van der Waals surface area contributed by atoms with Crippen LogP contribution >= 0.6 is 0 Å². The first-order valence-electron chi connectivity index (χ1n) is 8.84. The Morgan fingerprint density at radius 2 is 2.12 bits per heavy atom. The molecule has 2 fully saturated rings. The van der Waals surface area contributed by atoms with E-state index in [9.17, 15) is 9.59 Å². The number of piperidine rings is 1. The van der Waals surface area contributed by atoms with Crippen molar-refractivity contribution in [2.75, 3.05) is 26.7 Å². The molecule has 0 spiro atoms. The Kier molecular flexibility index (Phi) is 5.38. The molecule has 2 amide bonds. The molecule has 0 unspecified atom stereocenters. The normalized spacial score (nSPS) is 20.5. The summed E-state index contributed by atoms with van der Waals surface area (Å²) in [4.78, 5) is 26.7. The Bertz CT molecular complexity index is 598. The number of hydrogen-bond donors (Lipinski definition) is 1. The van der Waals surface area contributed by atoms with Crippen molar-refractivity contribution in [1.82, 2.24) is 10.2 Å². The van der Waals surface area contributed by atoms with Gasteiger partial charge in [0.2, 0.25) is 11.8 Å². The van der Waals surface area contributed by atoms with Crippen molar-refractivity contribution in [3.8, 4) is 5.75 Å². The van der Waals surface area contributed by atoms with Gasteiger partial charge in [-0.25, -0.2) is 0 Å². The van der Waals surface area contributed by atoms with Crippen LogP contribution in [0.1, 0.15) is 31.2 Å². The number of hydrogen-bond acceptors (Lipinski definition) is 3. The number of methoxy groups -OCH3 is 1. The van der Waals surface area contributed by atoms with E-state index in [1.54, 1.807) is 7.11 Å². The Morgan fingerprint density at radius 3 is 2.88 bits per heavy atom. The molecule has 5 heteroatoms. The van der Waals surface area contributed by atoms with E-state index in [-0.39, 0.29) is 17.7 Å². The van der Waals surface area contributed by atoms with Gasteiger partial charge in [0.15, 0.2) is 0 Å². The Balaban J connectivity index is 1.52. The van der Waals surface area contributed by atoms with Crippen LogP contribution in [0.15, 0.2) is 24.3 Å². The van der Waals surface area contributed by atoms with Gasteiger partial charge in [0.1, 0.15) is 5.75 Å². The van der Waals surface area contributed by atoms with Gasteiger partial charge in [0.05, 0.1) is 19.4 Å². The maximum absolute atomic E-state index is 12.6. The molecular weight excluding hydrogens is 304 g/mol. The van der Waals surface area contributed by atoms with Crippen LogP contribution in [0, 0.1) is 11.8 Å². The number of ether oxygens (including phenoxy) is 1. The van der Waals surface area contributed by atoms with Gasteiger partial charge >= 0.3 is 0 Å². The quantitative estimate of drug-likeness (QED) is 0.868. The van der Waals surface area contributed by atoms with Crippen molar-refractivity contribution in [3.63, 3.8) is 0 Å². The fourth-order valence-electron chi connectivity index (χ4n) is 3.20. The fourth-order valence-corrected chi connectivity index (χ4v) is 3.20. The van der Waals surface area contributed by atoms with Crippen LogP contribution in [0.3, 0.4) is 0 Å². The highest BCUT2D eigenvalue weighted by atomic mass is 16.5. The molecule has 3 rings (SSSR count). The molecule has 1 saturated heterocycles. The van der Waals surface area contributed by atoms with Crippen LogP contribution in [0.2, 0.25) is 0 Å². The molecule has 2 aliphatic rings. The molecule has 24 heavy (non-hydrogen) atoms. The van der Waals surface area contributed by atoms with Crippen molar-refractivity contribution in [1.29, 1.82) is 0 Å². The van der Waals surface area contributed by atoms with Gasteiger partial charge in [0.25, 0.3) is 0 Å². The van der Waals surface area contributed by atoms with Crippen molar-refractivity contribution < 1.29 is 14.3 Å². The topological polar surface area (TPSA) is 58.6 Å². The number of nitrogens with one attached hydrogen (secondary N) is 1. The Labute approximate surface area is 143 Å². The van der Waals surface area contributed by atoms with Crippen LogP contribution in [0.4, 0.5) is 0 Å². The van der Waals surface area contributed by atoms with E-state index in [0.29, 0.717) is 18.9 Å². The second-order valence-electron chi connectivity index (χ2n) is 6.90. The highest BCUT2D eigenvalue weighted by Gasteiger charge is 2.29. The molecule has 0 bridgehead atoms. The van der Waals surface area contributed by atoms with Crippen molar-refractivity contribution >= 4 is 11.8 Å². The molecule has 1 saturated carbocycles. The van der Waals surface area contributed by atoms with E-state index < -0.39 is 0 Å². The van der Waals surface area contributed by atoms with Crippen molar-refractivity contribution in [2.45, 2.75) is 32.1 Å². The van der Waals surface area contributed by atoms with Crippen LogP contribution in [-0.4, -0.2) is 43.5 Å². The van der Waals surface area contributed by atoms with Crippen LogP contribution in [0.25, 0.3) is 0 Å². The molecule has 1 aliphatic heterocycles. The predicted molar refractivity (Wildman–Crippen MR) is 91.7 cm³/mol. The second kappa shape index (κ2) is 7.69. The van der Waals surface area contributed by atoms with Gasteiger partial charge in [-0.15, -0.1) is 0 Å². The van der Waals surface area contributed by atoms with Crippen LogP contribution in [-0.2, 0) is 16.0 Å². The number of carbonyl (C=O) groups is 2. The molecular formula is C19H26N2O3. The number of nitrogens with zero attached hydrogens (tertiary/aromatic N) is 1. The number of rotatable bonds is 6. The fraction of sp³-hybridized carbons (Fsp3) is 0.579. The SMILES string of the molecule is COc1cccc(CC(=O)N2CCC[C@@H](C(=O)NCC3CC3)C2)c1. The maximum Gasteiger partial charge on any atom is 0.227 e. The predicted octanol–water partition coefficient (Wildman–Crippen LogP) is 2.00. The average Bonchev–Trinajstić information content (AvgIpc) is 3.44. The monoisotopic (exact) mass is 330 g/mol. The summed E-state index contributed by atoms with van der Waals surface area (Å²) in [5, 5.41) is 3.05.